The van der Waals surface area contributed by atoms with Gasteiger partial charge in [0.05, 0.1) is 28.5 Å². The number of hydrogen-bond acceptors (Lipinski definition) is 4. The zero-order valence-electron chi connectivity index (χ0n) is 9.74. The van der Waals surface area contributed by atoms with Crippen molar-refractivity contribution in [3.8, 4) is 0 Å². The Balaban J connectivity index is 1.95. The summed E-state index contributed by atoms with van der Waals surface area (Å²) in [5, 5.41) is 10.7. The molecule has 0 saturated heterocycles. The lowest BCUT2D eigenvalue weighted by Crippen LogP contribution is -1.86. The van der Waals surface area contributed by atoms with Crippen molar-refractivity contribution in [2.24, 2.45) is 0 Å². The maximum Gasteiger partial charge on any atom is 0.271 e. The number of nitrogens with zero attached hydrogens (tertiary/aromatic N) is 2. The SMILES string of the molecule is O=[N+]([O-])c1ccc2nc(C=Cc3ccoc3)[nH]c2c1. The van der Waals surface area contributed by atoms with Crippen molar-refractivity contribution in [2.45, 2.75) is 0 Å². The Kier molecular flexibility index (Phi) is 2.60. The summed E-state index contributed by atoms with van der Waals surface area (Å²) in [7, 11) is 0. The molecule has 3 aromatic rings. The van der Waals surface area contributed by atoms with Gasteiger partial charge >= 0.3 is 0 Å². The molecule has 0 atom stereocenters. The molecule has 0 radical (unpaired) electrons. The largest absolute Gasteiger partial charge is 0.472 e. The average molecular weight is 255 g/mol. The van der Waals surface area contributed by atoms with E-state index in [1.54, 1.807) is 24.7 Å². The van der Waals surface area contributed by atoms with Crippen LogP contribution in [0.1, 0.15) is 11.4 Å². The molecule has 0 spiro atoms. The molecule has 0 fully saturated rings. The van der Waals surface area contributed by atoms with Crippen molar-refractivity contribution in [3.05, 3.63) is 58.3 Å². The Labute approximate surface area is 107 Å². The number of nitro groups is 1. The molecule has 0 saturated carbocycles. The fraction of sp³-hybridized carbons (Fsp3) is 0. The molecule has 0 aliphatic carbocycles. The van der Waals surface area contributed by atoms with Crippen LogP contribution in [0.25, 0.3) is 23.2 Å². The summed E-state index contributed by atoms with van der Waals surface area (Å²) < 4.78 is 4.95. The molecule has 2 heterocycles. The maximum atomic E-state index is 10.7. The number of fused-ring (bicyclic) bond motifs is 1. The second-order valence-electron chi connectivity index (χ2n) is 3.97. The quantitative estimate of drug-likeness (QED) is 0.575. The van der Waals surface area contributed by atoms with E-state index in [9.17, 15) is 10.1 Å². The monoisotopic (exact) mass is 255 g/mol. The summed E-state index contributed by atoms with van der Waals surface area (Å²) in [4.78, 5) is 17.6. The summed E-state index contributed by atoms with van der Waals surface area (Å²) in [5.74, 6) is 0.636. The van der Waals surface area contributed by atoms with Crippen LogP contribution in [0.4, 0.5) is 5.69 Å². The van der Waals surface area contributed by atoms with Crippen molar-refractivity contribution in [3.63, 3.8) is 0 Å². The first-order chi connectivity index (χ1) is 9.22. The summed E-state index contributed by atoms with van der Waals surface area (Å²) in [5.41, 5.74) is 2.30. The fourth-order valence-corrected chi connectivity index (χ4v) is 1.75. The molecule has 0 amide bonds. The average Bonchev–Trinajstić information content (AvgIpc) is 3.04. The highest BCUT2D eigenvalue weighted by Gasteiger charge is 2.08. The van der Waals surface area contributed by atoms with E-state index >= 15 is 0 Å². The summed E-state index contributed by atoms with van der Waals surface area (Å²) in [6, 6.07) is 6.35. The first-order valence-corrected chi connectivity index (χ1v) is 5.57. The van der Waals surface area contributed by atoms with Crippen LogP contribution < -0.4 is 0 Å². The number of furan rings is 1. The van der Waals surface area contributed by atoms with Crippen LogP contribution in [0.5, 0.6) is 0 Å². The first-order valence-electron chi connectivity index (χ1n) is 5.57. The molecule has 94 valence electrons. The number of non-ortho nitro benzene ring substituents is 1. The standard InChI is InChI=1S/C13H9N3O3/c17-16(18)10-2-3-11-12(7-10)15-13(14-11)4-1-9-5-6-19-8-9/h1-8H,(H,14,15). The van der Waals surface area contributed by atoms with E-state index in [1.807, 2.05) is 12.1 Å². The molecule has 2 aromatic heterocycles. The van der Waals surface area contributed by atoms with Gasteiger partial charge in [-0.05, 0) is 24.3 Å². The van der Waals surface area contributed by atoms with Crippen LogP contribution in [0.2, 0.25) is 0 Å². The minimum Gasteiger partial charge on any atom is -0.472 e. The van der Waals surface area contributed by atoms with Crippen molar-refractivity contribution < 1.29 is 9.34 Å². The molecule has 6 heteroatoms. The second-order valence-corrected chi connectivity index (χ2v) is 3.97. The molecular formula is C13H9N3O3. The van der Waals surface area contributed by atoms with Gasteiger partial charge in [0, 0.05) is 17.7 Å². The normalized spacial score (nSPS) is 11.4. The third kappa shape index (κ3) is 2.23. The van der Waals surface area contributed by atoms with Crippen molar-refractivity contribution in [1.82, 2.24) is 9.97 Å². The van der Waals surface area contributed by atoms with Gasteiger partial charge in [0.15, 0.2) is 0 Å². The van der Waals surface area contributed by atoms with Gasteiger partial charge in [-0.3, -0.25) is 10.1 Å². The molecule has 0 aliphatic rings. The van der Waals surface area contributed by atoms with Crippen molar-refractivity contribution >= 4 is 28.9 Å². The van der Waals surface area contributed by atoms with E-state index in [4.69, 9.17) is 4.42 Å². The predicted molar refractivity (Wildman–Crippen MR) is 70.4 cm³/mol. The highest BCUT2D eigenvalue weighted by molar-refractivity contribution is 5.80. The van der Waals surface area contributed by atoms with Crippen LogP contribution in [0, 0.1) is 10.1 Å². The number of nitrogens with one attached hydrogen (secondary N) is 1. The molecule has 0 unspecified atom stereocenters. The van der Waals surface area contributed by atoms with E-state index in [0.29, 0.717) is 16.9 Å². The third-order valence-corrected chi connectivity index (χ3v) is 2.67. The van der Waals surface area contributed by atoms with E-state index in [-0.39, 0.29) is 5.69 Å². The van der Waals surface area contributed by atoms with Crippen molar-refractivity contribution in [1.29, 1.82) is 0 Å². The number of imidazole rings is 1. The summed E-state index contributed by atoms with van der Waals surface area (Å²) >= 11 is 0. The highest BCUT2D eigenvalue weighted by Crippen LogP contribution is 2.19. The van der Waals surface area contributed by atoms with Gasteiger partial charge in [-0.15, -0.1) is 0 Å². The van der Waals surface area contributed by atoms with Gasteiger partial charge < -0.3 is 9.40 Å². The van der Waals surface area contributed by atoms with Crippen LogP contribution in [0.3, 0.4) is 0 Å². The molecule has 1 N–H and O–H groups in total. The van der Waals surface area contributed by atoms with Gasteiger partial charge in [-0.1, -0.05) is 0 Å². The minimum absolute atomic E-state index is 0.0431. The number of aromatic nitrogens is 2. The van der Waals surface area contributed by atoms with Gasteiger partial charge in [-0.25, -0.2) is 4.98 Å². The van der Waals surface area contributed by atoms with Gasteiger partial charge in [0.25, 0.3) is 5.69 Å². The zero-order valence-corrected chi connectivity index (χ0v) is 9.74. The lowest BCUT2D eigenvalue weighted by Gasteiger charge is -1.89. The number of benzene rings is 1. The lowest BCUT2D eigenvalue weighted by molar-refractivity contribution is -0.384. The van der Waals surface area contributed by atoms with Gasteiger partial charge in [0.2, 0.25) is 0 Å². The van der Waals surface area contributed by atoms with Gasteiger partial charge in [0.1, 0.15) is 5.82 Å². The third-order valence-electron chi connectivity index (χ3n) is 2.67. The minimum atomic E-state index is -0.429. The Hall–Kier alpha value is -2.89. The van der Waals surface area contributed by atoms with Crippen LogP contribution in [-0.4, -0.2) is 14.9 Å². The first kappa shape index (κ1) is 11.2. The van der Waals surface area contributed by atoms with Crippen LogP contribution in [-0.2, 0) is 0 Å². The number of rotatable bonds is 3. The zero-order chi connectivity index (χ0) is 13.2. The van der Waals surface area contributed by atoms with Crippen LogP contribution >= 0.6 is 0 Å². The Morgan fingerprint density at radius 1 is 1.32 bits per heavy atom. The van der Waals surface area contributed by atoms with Crippen molar-refractivity contribution in [2.75, 3.05) is 0 Å². The Bertz CT molecular complexity index is 757. The van der Waals surface area contributed by atoms with E-state index in [0.717, 1.165) is 5.56 Å². The maximum absolute atomic E-state index is 10.7. The highest BCUT2D eigenvalue weighted by atomic mass is 16.6. The topological polar surface area (TPSA) is 85.0 Å². The molecule has 6 nitrogen and oxygen atoms in total. The molecule has 3 rings (SSSR count). The molecule has 1 aromatic carbocycles. The summed E-state index contributed by atoms with van der Waals surface area (Å²) in [6.07, 6.45) is 6.83. The number of aromatic amines is 1. The fourth-order valence-electron chi connectivity index (χ4n) is 1.75. The molecule has 0 aliphatic heterocycles. The molecule has 19 heavy (non-hydrogen) atoms. The smallest absolute Gasteiger partial charge is 0.271 e. The predicted octanol–water partition coefficient (Wildman–Crippen LogP) is 3.23. The lowest BCUT2D eigenvalue weighted by atomic mass is 10.3. The van der Waals surface area contributed by atoms with Crippen LogP contribution in [0.15, 0.2) is 41.2 Å². The van der Waals surface area contributed by atoms with Gasteiger partial charge in [-0.2, -0.15) is 0 Å². The Morgan fingerprint density at radius 3 is 2.95 bits per heavy atom. The molecule has 0 bridgehead atoms. The number of nitro benzene ring substituents is 1. The summed E-state index contributed by atoms with van der Waals surface area (Å²) in [6.45, 7) is 0. The molecular weight excluding hydrogens is 246 g/mol. The van der Waals surface area contributed by atoms with E-state index < -0.39 is 4.92 Å². The Morgan fingerprint density at radius 2 is 2.21 bits per heavy atom. The van der Waals surface area contributed by atoms with E-state index in [1.165, 1.54) is 12.1 Å². The van der Waals surface area contributed by atoms with E-state index in [2.05, 4.69) is 9.97 Å². The second kappa shape index (κ2) is 4.41. The number of H-pyrrole nitrogens is 1. The number of hydrogen-bond donors (Lipinski definition) is 1.